The van der Waals surface area contributed by atoms with Crippen LogP contribution < -0.4 is 0 Å². The lowest BCUT2D eigenvalue weighted by molar-refractivity contribution is -0.161. The highest BCUT2D eigenvalue weighted by atomic mass is 31.2. The number of rotatable bonds is 90. The third-order valence-corrected chi connectivity index (χ3v) is 23.0. The first-order chi connectivity index (χ1) is 52.7. The summed E-state index contributed by atoms with van der Waals surface area (Å²) in [6.45, 7) is 5.05. The van der Waals surface area contributed by atoms with Crippen LogP contribution in [0.15, 0.2) is 0 Å². The Morgan fingerprint density at radius 1 is 0.222 bits per heavy atom. The number of aliphatic hydroxyl groups is 1. The van der Waals surface area contributed by atoms with Crippen LogP contribution in [0.1, 0.15) is 490 Å². The molecule has 0 fully saturated rings. The van der Waals surface area contributed by atoms with E-state index < -0.39 is 97.5 Å². The molecule has 108 heavy (non-hydrogen) atoms. The number of carbonyl (C=O) groups excluding carboxylic acids is 4. The van der Waals surface area contributed by atoms with E-state index in [9.17, 15) is 43.2 Å². The largest absolute Gasteiger partial charge is 0.472 e. The van der Waals surface area contributed by atoms with Gasteiger partial charge in [0, 0.05) is 25.7 Å². The molecule has 0 aliphatic heterocycles. The Labute approximate surface area is 664 Å². The first-order valence-electron chi connectivity index (χ1n) is 46.3. The van der Waals surface area contributed by atoms with Gasteiger partial charge in [-0.2, -0.15) is 0 Å². The molecule has 0 aromatic carbocycles. The van der Waals surface area contributed by atoms with E-state index in [1.165, 1.54) is 321 Å². The Morgan fingerprint density at radius 2 is 0.370 bits per heavy atom. The zero-order valence-electron chi connectivity index (χ0n) is 70.8. The summed E-state index contributed by atoms with van der Waals surface area (Å²) in [5, 5.41) is 10.7. The molecule has 2 unspecified atom stereocenters. The van der Waals surface area contributed by atoms with E-state index in [-0.39, 0.29) is 25.7 Å². The number of carbonyl (C=O) groups is 4. The van der Waals surface area contributed by atoms with Crippen LogP contribution in [-0.4, -0.2) is 96.7 Å². The van der Waals surface area contributed by atoms with Crippen molar-refractivity contribution in [2.45, 2.75) is 508 Å². The number of aliphatic hydroxyl groups excluding tert-OH is 1. The van der Waals surface area contributed by atoms with Gasteiger partial charge in [-0.25, -0.2) is 9.13 Å². The molecule has 0 saturated heterocycles. The molecule has 5 atom stereocenters. The minimum absolute atomic E-state index is 0.109. The van der Waals surface area contributed by atoms with E-state index in [0.717, 1.165) is 89.9 Å². The van der Waals surface area contributed by atoms with Crippen molar-refractivity contribution in [2.24, 2.45) is 0 Å². The van der Waals surface area contributed by atoms with Crippen molar-refractivity contribution in [3.63, 3.8) is 0 Å². The summed E-state index contributed by atoms with van der Waals surface area (Å²) in [6.07, 6.45) is 79.5. The molecule has 0 aromatic heterocycles. The molecule has 17 nitrogen and oxygen atoms in total. The van der Waals surface area contributed by atoms with Gasteiger partial charge in [0.1, 0.15) is 19.3 Å². The van der Waals surface area contributed by atoms with Crippen molar-refractivity contribution < 1.29 is 80.2 Å². The topological polar surface area (TPSA) is 237 Å². The Kier molecular flexibility index (Phi) is 81.5. The van der Waals surface area contributed by atoms with Gasteiger partial charge < -0.3 is 33.8 Å². The maximum atomic E-state index is 13.2. The van der Waals surface area contributed by atoms with Crippen molar-refractivity contribution in [3.05, 3.63) is 0 Å². The van der Waals surface area contributed by atoms with Gasteiger partial charge in [-0.05, 0) is 25.7 Å². The van der Waals surface area contributed by atoms with E-state index in [0.29, 0.717) is 25.7 Å². The Bertz CT molecular complexity index is 2030. The maximum Gasteiger partial charge on any atom is 0.472 e. The van der Waals surface area contributed by atoms with Crippen molar-refractivity contribution in [2.75, 3.05) is 39.6 Å². The lowest BCUT2D eigenvalue weighted by atomic mass is 10.0. The summed E-state index contributed by atoms with van der Waals surface area (Å²) in [5.74, 6) is -2.10. The molecule has 3 N–H and O–H groups in total. The van der Waals surface area contributed by atoms with Gasteiger partial charge in [-0.15, -0.1) is 0 Å². The fourth-order valence-corrected chi connectivity index (χ4v) is 15.6. The first-order valence-corrected chi connectivity index (χ1v) is 49.3. The van der Waals surface area contributed by atoms with Crippen LogP contribution in [0.5, 0.6) is 0 Å². The first kappa shape index (κ1) is 106. The van der Waals surface area contributed by atoms with Crippen LogP contribution in [0.4, 0.5) is 0 Å². The lowest BCUT2D eigenvalue weighted by Gasteiger charge is -2.21. The fraction of sp³-hybridized carbons (Fsp3) is 0.955. The summed E-state index contributed by atoms with van der Waals surface area (Å²) in [5.41, 5.74) is 0. The molecule has 0 aliphatic carbocycles. The quantitative estimate of drug-likeness (QED) is 0.0222. The Balaban J connectivity index is 5.16. The minimum atomic E-state index is -4.97. The second kappa shape index (κ2) is 83.0. The lowest BCUT2D eigenvalue weighted by Crippen LogP contribution is -2.30. The molecule has 0 rings (SSSR count). The van der Waals surface area contributed by atoms with Crippen molar-refractivity contribution in [3.8, 4) is 0 Å². The molecule has 0 bridgehead atoms. The summed E-state index contributed by atoms with van der Waals surface area (Å²) in [4.78, 5) is 73.2. The molecule has 0 aliphatic rings. The molecule has 0 spiro atoms. The highest BCUT2D eigenvalue weighted by molar-refractivity contribution is 7.47. The average Bonchev–Trinajstić information content (AvgIpc) is 0.898. The molecular weight excluding hydrogens is 1400 g/mol. The Morgan fingerprint density at radius 3 is 0.546 bits per heavy atom. The predicted molar refractivity (Wildman–Crippen MR) is 446 cm³/mol. The zero-order chi connectivity index (χ0) is 78.9. The van der Waals surface area contributed by atoms with Crippen LogP contribution in [0.25, 0.3) is 0 Å². The van der Waals surface area contributed by atoms with E-state index in [1.54, 1.807) is 0 Å². The van der Waals surface area contributed by atoms with E-state index in [2.05, 4.69) is 27.7 Å². The number of hydrogen-bond acceptors (Lipinski definition) is 15. The van der Waals surface area contributed by atoms with E-state index >= 15 is 0 Å². The minimum Gasteiger partial charge on any atom is -0.462 e. The van der Waals surface area contributed by atoms with Gasteiger partial charge in [0.2, 0.25) is 0 Å². The van der Waals surface area contributed by atoms with Gasteiger partial charge >= 0.3 is 39.5 Å². The summed E-state index contributed by atoms with van der Waals surface area (Å²) in [7, 11) is -9.93. The number of phosphoric ester groups is 2. The smallest absolute Gasteiger partial charge is 0.462 e. The highest BCUT2D eigenvalue weighted by Gasteiger charge is 2.30. The zero-order valence-corrected chi connectivity index (χ0v) is 72.6. The molecule has 19 heteroatoms. The van der Waals surface area contributed by atoms with Crippen LogP contribution in [-0.2, 0) is 65.4 Å². The second-order valence-electron chi connectivity index (χ2n) is 32.0. The number of hydrogen-bond donors (Lipinski definition) is 3. The summed E-state index contributed by atoms with van der Waals surface area (Å²) in [6, 6.07) is 0. The van der Waals surface area contributed by atoms with Crippen LogP contribution >= 0.6 is 15.6 Å². The molecular formula is C89H174O17P2. The third-order valence-electron chi connectivity index (χ3n) is 21.1. The van der Waals surface area contributed by atoms with Gasteiger partial charge in [0.25, 0.3) is 0 Å². The number of unbranched alkanes of at least 4 members (excludes halogenated alkanes) is 64. The van der Waals surface area contributed by atoms with Gasteiger partial charge in [-0.3, -0.25) is 37.3 Å². The average molecular weight is 1580 g/mol. The summed E-state index contributed by atoms with van der Waals surface area (Å²) >= 11 is 0. The van der Waals surface area contributed by atoms with E-state index in [1.807, 2.05) is 0 Å². The molecule has 0 amide bonds. The van der Waals surface area contributed by atoms with Crippen LogP contribution in [0.2, 0.25) is 0 Å². The highest BCUT2D eigenvalue weighted by Crippen LogP contribution is 2.45. The standard InChI is InChI=1S/C89H174O17P2/c1-5-9-13-17-21-25-28-31-34-37-40-43-46-49-52-55-58-62-66-70-74-87(92)100-80-85(106-89(94)76-72-68-64-60-57-54-51-48-45-42-39-36-33-30-27-23-19-15-11-7-3)82-104-108(97,98)102-78-83(90)77-101-107(95,96)103-81-84(79-99-86(91)73-69-65-61-24-20-16-12-8-4)105-88(93)75-71-67-63-59-56-53-50-47-44-41-38-35-32-29-26-22-18-14-10-6-2/h83-85,90H,5-82H2,1-4H3,(H,95,96)(H,97,98)/t83-,84+,85+/m0/s1. The van der Waals surface area contributed by atoms with Gasteiger partial charge in [-0.1, -0.05) is 439 Å². The molecule has 642 valence electrons. The van der Waals surface area contributed by atoms with Crippen molar-refractivity contribution in [1.29, 1.82) is 0 Å². The molecule has 0 saturated carbocycles. The van der Waals surface area contributed by atoms with Gasteiger partial charge in [0.15, 0.2) is 12.2 Å². The monoisotopic (exact) mass is 1580 g/mol. The summed E-state index contributed by atoms with van der Waals surface area (Å²) < 4.78 is 68.9. The van der Waals surface area contributed by atoms with Crippen molar-refractivity contribution in [1.82, 2.24) is 0 Å². The third kappa shape index (κ3) is 82.1. The predicted octanol–water partition coefficient (Wildman–Crippen LogP) is 27.7. The van der Waals surface area contributed by atoms with Gasteiger partial charge in [0.05, 0.1) is 26.4 Å². The van der Waals surface area contributed by atoms with E-state index in [4.69, 9.17) is 37.0 Å². The Hall–Kier alpha value is -1.94. The fourth-order valence-electron chi connectivity index (χ4n) is 14.1. The molecule has 0 aromatic rings. The second-order valence-corrected chi connectivity index (χ2v) is 34.9. The molecule has 0 radical (unpaired) electrons. The number of ether oxygens (including phenoxy) is 4. The van der Waals surface area contributed by atoms with Crippen LogP contribution in [0.3, 0.4) is 0 Å². The maximum absolute atomic E-state index is 13.2. The number of phosphoric acid groups is 2. The molecule has 0 heterocycles. The normalized spacial score (nSPS) is 13.7. The SMILES string of the molecule is CCCCCCCCCCCCCCCCCCCCCCC(=O)OC[C@H](COP(=O)(O)OC[C@@H](O)COP(=O)(O)OC[C@@H](COC(=O)CCCCCCCCCC)OC(=O)CCCCCCCCCCCCCCCCCCCCCC)OC(=O)CCCCCCCCCCCCCCCCCCCCCC. The van der Waals surface area contributed by atoms with Crippen molar-refractivity contribution >= 4 is 39.5 Å². The van der Waals surface area contributed by atoms with Crippen LogP contribution in [0, 0.1) is 0 Å². The number of esters is 4.